The molecule has 0 heterocycles. The van der Waals surface area contributed by atoms with Crippen LogP contribution in [0, 0.1) is 10.1 Å². The lowest BCUT2D eigenvalue weighted by Gasteiger charge is -2.09. The summed E-state index contributed by atoms with van der Waals surface area (Å²) in [4.78, 5) is 33.8. The first kappa shape index (κ1) is 17.4. The SMILES string of the molecule is CCOC(=O)c1ccc(NC(=O)c2ccc([N+](=O)[O-])cc2)c(Cl)c1. The van der Waals surface area contributed by atoms with Gasteiger partial charge in [0.1, 0.15) is 0 Å². The number of carbonyl (C=O) groups excluding carboxylic acids is 2. The van der Waals surface area contributed by atoms with E-state index < -0.39 is 16.8 Å². The summed E-state index contributed by atoms with van der Waals surface area (Å²) < 4.78 is 4.86. The van der Waals surface area contributed by atoms with Crippen LogP contribution < -0.4 is 5.32 Å². The number of nitro groups is 1. The average Bonchev–Trinajstić information content (AvgIpc) is 2.56. The Kier molecular flexibility index (Phi) is 5.49. The van der Waals surface area contributed by atoms with Gasteiger partial charge in [0.15, 0.2) is 0 Å². The number of benzene rings is 2. The molecule has 0 fully saturated rings. The molecule has 2 aromatic rings. The van der Waals surface area contributed by atoms with Gasteiger partial charge in [-0.3, -0.25) is 14.9 Å². The van der Waals surface area contributed by atoms with E-state index in [0.29, 0.717) is 5.69 Å². The van der Waals surface area contributed by atoms with Crippen molar-refractivity contribution in [1.82, 2.24) is 0 Å². The molecule has 0 saturated carbocycles. The molecule has 124 valence electrons. The van der Waals surface area contributed by atoms with Crippen molar-refractivity contribution in [2.45, 2.75) is 6.92 Å². The number of carbonyl (C=O) groups is 2. The van der Waals surface area contributed by atoms with Crippen molar-refractivity contribution in [3.8, 4) is 0 Å². The maximum absolute atomic E-state index is 12.1. The molecule has 0 spiro atoms. The number of nitro benzene ring substituents is 1. The Morgan fingerprint density at radius 2 is 1.79 bits per heavy atom. The lowest BCUT2D eigenvalue weighted by Crippen LogP contribution is -2.12. The Morgan fingerprint density at radius 1 is 1.17 bits per heavy atom. The molecule has 0 bridgehead atoms. The van der Waals surface area contributed by atoms with Gasteiger partial charge in [-0.1, -0.05) is 11.6 Å². The number of hydrogen-bond acceptors (Lipinski definition) is 5. The molecular weight excluding hydrogens is 336 g/mol. The molecule has 1 N–H and O–H groups in total. The first-order valence-corrected chi connectivity index (χ1v) is 7.32. The number of non-ortho nitro benzene ring substituents is 1. The fourth-order valence-corrected chi connectivity index (χ4v) is 2.11. The van der Waals surface area contributed by atoms with Crippen molar-refractivity contribution < 1.29 is 19.2 Å². The lowest BCUT2D eigenvalue weighted by atomic mass is 10.1. The molecule has 0 aromatic heterocycles. The second kappa shape index (κ2) is 7.56. The number of rotatable bonds is 5. The Morgan fingerprint density at radius 3 is 2.33 bits per heavy atom. The largest absolute Gasteiger partial charge is 0.462 e. The highest BCUT2D eigenvalue weighted by Crippen LogP contribution is 2.24. The van der Waals surface area contributed by atoms with Crippen LogP contribution >= 0.6 is 11.6 Å². The number of halogens is 1. The quantitative estimate of drug-likeness (QED) is 0.505. The van der Waals surface area contributed by atoms with Crippen LogP contribution in [0.5, 0.6) is 0 Å². The summed E-state index contributed by atoms with van der Waals surface area (Å²) >= 11 is 6.06. The average molecular weight is 349 g/mol. The number of esters is 1. The van der Waals surface area contributed by atoms with E-state index in [0.717, 1.165) is 0 Å². The monoisotopic (exact) mass is 348 g/mol. The summed E-state index contributed by atoms with van der Waals surface area (Å²) in [6.45, 7) is 1.94. The molecule has 0 saturated heterocycles. The predicted octanol–water partition coefficient (Wildman–Crippen LogP) is 3.68. The summed E-state index contributed by atoms with van der Waals surface area (Å²) in [7, 11) is 0. The van der Waals surface area contributed by atoms with E-state index >= 15 is 0 Å². The summed E-state index contributed by atoms with van der Waals surface area (Å²) in [6, 6.07) is 9.52. The van der Waals surface area contributed by atoms with Gasteiger partial charge in [-0.2, -0.15) is 0 Å². The van der Waals surface area contributed by atoms with E-state index in [2.05, 4.69) is 5.32 Å². The van der Waals surface area contributed by atoms with Gasteiger partial charge in [0, 0.05) is 17.7 Å². The van der Waals surface area contributed by atoms with Gasteiger partial charge in [0.2, 0.25) is 0 Å². The summed E-state index contributed by atoms with van der Waals surface area (Å²) in [5, 5.41) is 13.4. The third-order valence-electron chi connectivity index (χ3n) is 3.07. The highest BCUT2D eigenvalue weighted by atomic mass is 35.5. The Hall–Kier alpha value is -2.93. The van der Waals surface area contributed by atoms with Crippen LogP contribution in [-0.4, -0.2) is 23.4 Å². The molecule has 0 aliphatic rings. The minimum absolute atomic E-state index is 0.108. The van der Waals surface area contributed by atoms with Gasteiger partial charge in [-0.25, -0.2) is 4.79 Å². The van der Waals surface area contributed by atoms with Crippen LogP contribution in [0.25, 0.3) is 0 Å². The van der Waals surface area contributed by atoms with Gasteiger partial charge in [-0.05, 0) is 37.3 Å². The van der Waals surface area contributed by atoms with Crippen LogP contribution in [0.2, 0.25) is 5.02 Å². The lowest BCUT2D eigenvalue weighted by molar-refractivity contribution is -0.384. The van der Waals surface area contributed by atoms with Crippen molar-refractivity contribution in [3.63, 3.8) is 0 Å². The number of ether oxygens (including phenoxy) is 1. The summed E-state index contributed by atoms with van der Waals surface area (Å²) in [5.74, 6) is -0.983. The minimum Gasteiger partial charge on any atom is -0.462 e. The van der Waals surface area contributed by atoms with Crippen molar-refractivity contribution in [2.75, 3.05) is 11.9 Å². The first-order chi connectivity index (χ1) is 11.4. The molecule has 1 amide bonds. The highest BCUT2D eigenvalue weighted by molar-refractivity contribution is 6.34. The molecule has 0 aliphatic carbocycles. The van der Waals surface area contributed by atoms with Crippen LogP contribution in [0.4, 0.5) is 11.4 Å². The molecule has 2 rings (SSSR count). The van der Waals surface area contributed by atoms with E-state index in [-0.39, 0.29) is 28.4 Å². The maximum atomic E-state index is 12.1. The third-order valence-corrected chi connectivity index (χ3v) is 3.38. The van der Waals surface area contributed by atoms with Gasteiger partial charge in [0.25, 0.3) is 11.6 Å². The second-order valence-electron chi connectivity index (χ2n) is 4.67. The van der Waals surface area contributed by atoms with Crippen LogP contribution in [0.15, 0.2) is 42.5 Å². The fraction of sp³-hybridized carbons (Fsp3) is 0.125. The molecule has 0 atom stereocenters. The number of amides is 1. The van der Waals surface area contributed by atoms with Gasteiger partial charge in [0.05, 0.1) is 27.8 Å². The minimum atomic E-state index is -0.549. The van der Waals surface area contributed by atoms with Crippen LogP contribution in [0.3, 0.4) is 0 Å². The summed E-state index contributed by atoms with van der Waals surface area (Å²) in [6.07, 6.45) is 0. The van der Waals surface area contributed by atoms with Crippen molar-refractivity contribution in [1.29, 1.82) is 0 Å². The summed E-state index contributed by atoms with van der Waals surface area (Å²) in [5.41, 5.74) is 0.720. The molecule has 24 heavy (non-hydrogen) atoms. The third kappa shape index (κ3) is 4.08. The van der Waals surface area contributed by atoms with Crippen molar-refractivity contribution in [3.05, 3.63) is 68.7 Å². The fourth-order valence-electron chi connectivity index (χ4n) is 1.89. The van der Waals surface area contributed by atoms with Gasteiger partial charge in [-0.15, -0.1) is 0 Å². The van der Waals surface area contributed by atoms with Crippen LogP contribution in [0.1, 0.15) is 27.6 Å². The standard InChI is InChI=1S/C16H13ClN2O5/c1-2-24-16(21)11-5-8-14(13(17)9-11)18-15(20)10-3-6-12(7-4-10)19(22)23/h3-9H,2H2,1H3,(H,18,20). The molecule has 0 radical (unpaired) electrons. The zero-order valence-electron chi connectivity index (χ0n) is 12.6. The van der Waals surface area contributed by atoms with Crippen molar-refractivity contribution in [2.24, 2.45) is 0 Å². The molecule has 0 aliphatic heterocycles. The highest BCUT2D eigenvalue weighted by Gasteiger charge is 2.13. The van der Waals surface area contributed by atoms with E-state index in [4.69, 9.17) is 16.3 Å². The molecule has 7 nitrogen and oxygen atoms in total. The first-order valence-electron chi connectivity index (χ1n) is 6.95. The van der Waals surface area contributed by atoms with E-state index in [1.165, 1.54) is 42.5 Å². The van der Waals surface area contributed by atoms with Crippen molar-refractivity contribution >= 4 is 34.9 Å². The number of hydrogen-bond donors (Lipinski definition) is 1. The topological polar surface area (TPSA) is 98.5 Å². The number of nitrogens with zero attached hydrogens (tertiary/aromatic N) is 1. The normalized spacial score (nSPS) is 10.1. The predicted molar refractivity (Wildman–Crippen MR) is 88.5 cm³/mol. The molecular formula is C16H13ClN2O5. The number of anilines is 1. The Bertz CT molecular complexity index is 790. The van der Waals surface area contributed by atoms with E-state index in [1.807, 2.05) is 0 Å². The molecule has 2 aromatic carbocycles. The maximum Gasteiger partial charge on any atom is 0.338 e. The van der Waals surface area contributed by atoms with E-state index in [1.54, 1.807) is 6.92 Å². The van der Waals surface area contributed by atoms with Crippen LogP contribution in [-0.2, 0) is 4.74 Å². The molecule has 8 heteroatoms. The smallest absolute Gasteiger partial charge is 0.338 e. The van der Waals surface area contributed by atoms with E-state index in [9.17, 15) is 19.7 Å². The zero-order valence-corrected chi connectivity index (χ0v) is 13.4. The number of nitrogens with one attached hydrogen (secondary N) is 1. The van der Waals surface area contributed by atoms with Gasteiger partial charge >= 0.3 is 5.97 Å². The molecule has 0 unspecified atom stereocenters. The Labute approximate surface area is 142 Å². The zero-order chi connectivity index (χ0) is 17.7. The Balaban J connectivity index is 2.14. The second-order valence-corrected chi connectivity index (χ2v) is 5.08. The van der Waals surface area contributed by atoms with Gasteiger partial charge < -0.3 is 10.1 Å².